The number of halogens is 1. The molecule has 136 valence electrons. The van der Waals surface area contributed by atoms with Crippen LogP contribution in [0.3, 0.4) is 0 Å². The molecule has 0 aliphatic carbocycles. The fraction of sp³-hybridized carbons (Fsp3) is 0.333. The first-order chi connectivity index (χ1) is 11.9. The maximum Gasteiger partial charge on any atom is 0.240 e. The van der Waals surface area contributed by atoms with Gasteiger partial charge in [0.1, 0.15) is 5.75 Å². The van der Waals surface area contributed by atoms with Crippen LogP contribution < -0.4 is 14.4 Å². The van der Waals surface area contributed by atoms with E-state index in [4.69, 9.17) is 4.74 Å². The first kappa shape index (κ1) is 19.8. The first-order valence-electron chi connectivity index (χ1n) is 8.08. The number of hydrogen-bond donors (Lipinski definition) is 1. The highest BCUT2D eigenvalue weighted by molar-refractivity contribution is 9.10. The topological polar surface area (TPSA) is 58.6 Å². The van der Waals surface area contributed by atoms with E-state index < -0.39 is 10.0 Å². The van der Waals surface area contributed by atoms with Crippen LogP contribution in [-0.2, 0) is 16.6 Å². The maximum atomic E-state index is 12.4. The molecule has 25 heavy (non-hydrogen) atoms. The van der Waals surface area contributed by atoms with Crippen molar-refractivity contribution < 1.29 is 13.2 Å². The van der Waals surface area contributed by atoms with Crippen molar-refractivity contribution >= 4 is 31.6 Å². The molecule has 5 nitrogen and oxygen atoms in total. The van der Waals surface area contributed by atoms with Gasteiger partial charge in [-0.2, -0.15) is 0 Å². The lowest BCUT2D eigenvalue weighted by molar-refractivity contribution is 0.411. The number of ether oxygens (including phenoxy) is 1. The van der Waals surface area contributed by atoms with E-state index in [-0.39, 0.29) is 11.4 Å². The second kappa shape index (κ2) is 8.69. The van der Waals surface area contributed by atoms with Gasteiger partial charge in [0.25, 0.3) is 0 Å². The minimum atomic E-state index is -3.59. The summed E-state index contributed by atoms with van der Waals surface area (Å²) in [7, 11) is -2.05. The molecule has 7 heteroatoms. The molecular formula is C18H23BrN2O3S. The normalized spacial score (nSPS) is 11.4. The lowest BCUT2D eigenvalue weighted by Gasteiger charge is -2.21. The van der Waals surface area contributed by atoms with E-state index in [2.05, 4.69) is 39.4 Å². The third-order valence-electron chi connectivity index (χ3n) is 3.96. The molecule has 0 aromatic heterocycles. The van der Waals surface area contributed by atoms with Crippen LogP contribution in [0.1, 0.15) is 19.4 Å². The summed E-state index contributed by atoms with van der Waals surface area (Å²) < 4.78 is 33.2. The van der Waals surface area contributed by atoms with E-state index in [1.807, 2.05) is 24.3 Å². The zero-order valence-electron chi connectivity index (χ0n) is 14.6. The highest BCUT2D eigenvalue weighted by atomic mass is 79.9. The molecule has 0 bridgehead atoms. The zero-order chi connectivity index (χ0) is 18.4. The number of methoxy groups -OCH3 is 1. The summed E-state index contributed by atoms with van der Waals surface area (Å²) in [6.07, 6.45) is 0. The highest BCUT2D eigenvalue weighted by Crippen LogP contribution is 2.27. The molecule has 0 atom stereocenters. The van der Waals surface area contributed by atoms with Crippen LogP contribution in [0.2, 0.25) is 0 Å². The Hall–Kier alpha value is -1.57. The molecule has 0 radical (unpaired) electrons. The summed E-state index contributed by atoms with van der Waals surface area (Å²) in [6.45, 7) is 6.34. The first-order valence-corrected chi connectivity index (χ1v) is 10.4. The Bertz CT molecular complexity index is 804. The van der Waals surface area contributed by atoms with Gasteiger partial charge >= 0.3 is 0 Å². The smallest absolute Gasteiger partial charge is 0.240 e. The van der Waals surface area contributed by atoms with Crippen LogP contribution in [0.25, 0.3) is 0 Å². The van der Waals surface area contributed by atoms with Gasteiger partial charge < -0.3 is 9.64 Å². The van der Waals surface area contributed by atoms with Crippen LogP contribution in [0, 0.1) is 0 Å². The van der Waals surface area contributed by atoms with E-state index in [0.29, 0.717) is 10.2 Å². The summed E-state index contributed by atoms with van der Waals surface area (Å²) in [5, 5.41) is 0. The predicted octanol–water partition coefficient (Wildman–Crippen LogP) is 3.78. The predicted molar refractivity (Wildman–Crippen MR) is 105 cm³/mol. The van der Waals surface area contributed by atoms with Crippen LogP contribution in [0.4, 0.5) is 5.69 Å². The summed E-state index contributed by atoms with van der Waals surface area (Å²) in [6, 6.07) is 12.6. The zero-order valence-corrected chi connectivity index (χ0v) is 17.0. The molecular weight excluding hydrogens is 404 g/mol. The van der Waals surface area contributed by atoms with Gasteiger partial charge in [-0.25, -0.2) is 13.1 Å². The largest absolute Gasteiger partial charge is 0.496 e. The molecule has 1 N–H and O–H groups in total. The molecule has 2 aromatic carbocycles. The number of nitrogens with one attached hydrogen (secondary N) is 1. The minimum Gasteiger partial charge on any atom is -0.496 e. The summed E-state index contributed by atoms with van der Waals surface area (Å²) >= 11 is 3.31. The minimum absolute atomic E-state index is 0.194. The lowest BCUT2D eigenvalue weighted by atomic mass is 10.2. The molecule has 0 saturated heterocycles. The van der Waals surface area contributed by atoms with Crippen molar-refractivity contribution in [2.24, 2.45) is 0 Å². The number of nitrogens with zero attached hydrogens (tertiary/aromatic N) is 1. The molecule has 0 spiro atoms. The lowest BCUT2D eigenvalue weighted by Crippen LogP contribution is -2.24. The Labute approximate surface area is 158 Å². The van der Waals surface area contributed by atoms with Crippen LogP contribution in [0.15, 0.2) is 51.8 Å². The third kappa shape index (κ3) is 4.96. The standard InChI is InChI=1S/C18H23BrN2O3S/c1-4-21(5-2)15-8-6-14(7-9-15)13-20-25(22,23)16-10-11-18(24-3)17(19)12-16/h6-12,20H,4-5,13H2,1-3H3. The number of anilines is 1. The Kier molecular flexibility index (Phi) is 6.87. The van der Waals surface area contributed by atoms with Gasteiger partial charge in [0.15, 0.2) is 0 Å². The van der Waals surface area contributed by atoms with Gasteiger partial charge in [0.05, 0.1) is 16.5 Å². The quantitative estimate of drug-likeness (QED) is 0.697. The van der Waals surface area contributed by atoms with Gasteiger partial charge in [0.2, 0.25) is 10.0 Å². The van der Waals surface area contributed by atoms with Crippen molar-refractivity contribution in [3.05, 3.63) is 52.5 Å². The third-order valence-corrected chi connectivity index (χ3v) is 5.98. The van der Waals surface area contributed by atoms with Crippen molar-refractivity contribution in [2.45, 2.75) is 25.3 Å². The fourth-order valence-corrected chi connectivity index (χ4v) is 4.23. The summed E-state index contributed by atoms with van der Waals surface area (Å²) in [4.78, 5) is 2.43. The number of sulfonamides is 1. The molecule has 0 saturated carbocycles. The Morgan fingerprint density at radius 3 is 2.24 bits per heavy atom. The molecule has 0 aliphatic heterocycles. The molecule has 0 fully saturated rings. The van der Waals surface area contributed by atoms with Gasteiger partial charge in [-0.15, -0.1) is 0 Å². The monoisotopic (exact) mass is 426 g/mol. The van der Waals surface area contributed by atoms with Gasteiger partial charge in [0, 0.05) is 25.3 Å². The summed E-state index contributed by atoms with van der Waals surface area (Å²) in [5.41, 5.74) is 2.04. The SMILES string of the molecule is CCN(CC)c1ccc(CNS(=O)(=O)c2ccc(OC)c(Br)c2)cc1. The molecule has 2 rings (SSSR count). The van der Waals surface area contributed by atoms with Gasteiger partial charge in [-0.3, -0.25) is 0 Å². The van der Waals surface area contributed by atoms with Crippen molar-refractivity contribution in [1.82, 2.24) is 4.72 Å². The fourth-order valence-electron chi connectivity index (χ4n) is 2.49. The Morgan fingerprint density at radius 1 is 1.08 bits per heavy atom. The molecule has 2 aromatic rings. The molecule has 0 heterocycles. The Morgan fingerprint density at radius 2 is 1.72 bits per heavy atom. The van der Waals surface area contributed by atoms with Crippen molar-refractivity contribution in [3.63, 3.8) is 0 Å². The van der Waals surface area contributed by atoms with E-state index in [1.54, 1.807) is 6.07 Å². The van der Waals surface area contributed by atoms with Crippen molar-refractivity contribution in [1.29, 1.82) is 0 Å². The van der Waals surface area contributed by atoms with Gasteiger partial charge in [-0.05, 0) is 65.7 Å². The second-order valence-electron chi connectivity index (χ2n) is 5.46. The number of benzene rings is 2. The maximum absolute atomic E-state index is 12.4. The summed E-state index contributed by atoms with van der Waals surface area (Å²) in [5.74, 6) is 0.589. The van der Waals surface area contributed by atoms with Crippen molar-refractivity contribution in [3.8, 4) is 5.75 Å². The highest BCUT2D eigenvalue weighted by Gasteiger charge is 2.15. The molecule has 0 aliphatic rings. The van der Waals surface area contributed by atoms with Crippen molar-refractivity contribution in [2.75, 3.05) is 25.1 Å². The van der Waals surface area contributed by atoms with Crippen LogP contribution in [0.5, 0.6) is 5.75 Å². The van der Waals surface area contributed by atoms with E-state index in [9.17, 15) is 8.42 Å². The molecule has 0 amide bonds. The Balaban J connectivity index is 2.08. The van der Waals surface area contributed by atoms with E-state index >= 15 is 0 Å². The van der Waals surface area contributed by atoms with Crippen LogP contribution >= 0.6 is 15.9 Å². The van der Waals surface area contributed by atoms with E-state index in [0.717, 1.165) is 24.3 Å². The van der Waals surface area contributed by atoms with E-state index in [1.165, 1.54) is 19.2 Å². The van der Waals surface area contributed by atoms with Crippen LogP contribution in [-0.4, -0.2) is 28.6 Å². The number of rotatable bonds is 8. The second-order valence-corrected chi connectivity index (χ2v) is 8.08. The molecule has 0 unspecified atom stereocenters. The average molecular weight is 427 g/mol. The number of hydrogen-bond acceptors (Lipinski definition) is 4. The van der Waals surface area contributed by atoms with Gasteiger partial charge in [-0.1, -0.05) is 12.1 Å². The average Bonchev–Trinajstić information content (AvgIpc) is 2.62.